The first-order chi connectivity index (χ1) is 7.72. The van der Waals surface area contributed by atoms with Crippen molar-refractivity contribution in [2.75, 3.05) is 18.0 Å². The van der Waals surface area contributed by atoms with Crippen LogP contribution in [0.5, 0.6) is 0 Å². The molecule has 0 unspecified atom stereocenters. The quantitative estimate of drug-likeness (QED) is 0.841. The molecule has 0 spiro atoms. The van der Waals surface area contributed by atoms with Crippen LogP contribution in [0.25, 0.3) is 0 Å². The van der Waals surface area contributed by atoms with Gasteiger partial charge in [-0.05, 0) is 43.1 Å². The van der Waals surface area contributed by atoms with E-state index in [1.165, 1.54) is 12.1 Å². The van der Waals surface area contributed by atoms with Gasteiger partial charge in [0.2, 0.25) is 5.91 Å². The molecule has 16 heavy (non-hydrogen) atoms. The molecule has 4 heteroatoms. The van der Waals surface area contributed by atoms with E-state index in [0.29, 0.717) is 25.9 Å². The molecule has 1 aliphatic rings. The van der Waals surface area contributed by atoms with E-state index in [0.717, 1.165) is 17.7 Å². The second-order valence-corrected chi connectivity index (χ2v) is 3.96. The molecule has 1 aliphatic heterocycles. The van der Waals surface area contributed by atoms with Crippen LogP contribution >= 0.6 is 0 Å². The standard InChI is InChI=1S/C12H15FN2O/c13-10-3-4-11-9(8-10)2-5-12(16)15(11)7-1-6-14/h3-4,8H,1-2,5-7,14H2. The third-order valence-electron chi connectivity index (χ3n) is 2.83. The van der Waals surface area contributed by atoms with Crippen LogP contribution in [0.2, 0.25) is 0 Å². The minimum Gasteiger partial charge on any atom is -0.330 e. The maximum absolute atomic E-state index is 13.0. The Balaban J connectivity index is 2.29. The lowest BCUT2D eigenvalue weighted by atomic mass is 10.0. The highest BCUT2D eigenvalue weighted by atomic mass is 19.1. The molecule has 0 aliphatic carbocycles. The van der Waals surface area contributed by atoms with Gasteiger partial charge < -0.3 is 10.6 Å². The Bertz CT molecular complexity index is 406. The third-order valence-corrected chi connectivity index (χ3v) is 2.83. The van der Waals surface area contributed by atoms with Crippen LogP contribution in [0.15, 0.2) is 18.2 Å². The number of nitrogens with two attached hydrogens (primary N) is 1. The summed E-state index contributed by atoms with van der Waals surface area (Å²) in [6, 6.07) is 4.59. The fraction of sp³-hybridized carbons (Fsp3) is 0.417. The smallest absolute Gasteiger partial charge is 0.227 e. The summed E-state index contributed by atoms with van der Waals surface area (Å²) in [4.78, 5) is 13.5. The first kappa shape index (κ1) is 11.1. The van der Waals surface area contributed by atoms with Crippen LogP contribution in [-0.2, 0) is 11.2 Å². The fourth-order valence-corrected chi connectivity index (χ4v) is 2.02. The largest absolute Gasteiger partial charge is 0.330 e. The number of benzene rings is 1. The number of halogens is 1. The van der Waals surface area contributed by atoms with Gasteiger partial charge in [0.25, 0.3) is 0 Å². The van der Waals surface area contributed by atoms with Gasteiger partial charge in [-0.25, -0.2) is 4.39 Å². The molecule has 0 saturated heterocycles. The van der Waals surface area contributed by atoms with Crippen LogP contribution in [0.3, 0.4) is 0 Å². The zero-order chi connectivity index (χ0) is 11.5. The van der Waals surface area contributed by atoms with Crippen LogP contribution in [-0.4, -0.2) is 19.0 Å². The van der Waals surface area contributed by atoms with Gasteiger partial charge in [0.1, 0.15) is 5.82 Å². The normalized spacial score (nSPS) is 15.1. The van der Waals surface area contributed by atoms with E-state index in [9.17, 15) is 9.18 Å². The number of carbonyl (C=O) groups excluding carboxylic acids is 1. The van der Waals surface area contributed by atoms with E-state index in [-0.39, 0.29) is 11.7 Å². The predicted molar refractivity (Wildman–Crippen MR) is 60.7 cm³/mol. The highest BCUT2D eigenvalue weighted by Gasteiger charge is 2.23. The molecule has 0 aromatic heterocycles. The zero-order valence-corrected chi connectivity index (χ0v) is 9.08. The molecule has 2 N–H and O–H groups in total. The van der Waals surface area contributed by atoms with Crippen LogP contribution in [0, 0.1) is 5.82 Å². The summed E-state index contributed by atoms with van der Waals surface area (Å²) < 4.78 is 13.0. The van der Waals surface area contributed by atoms with Crippen molar-refractivity contribution in [1.82, 2.24) is 0 Å². The van der Waals surface area contributed by atoms with Gasteiger partial charge in [0.05, 0.1) is 0 Å². The van der Waals surface area contributed by atoms with Crippen LogP contribution < -0.4 is 10.6 Å². The SMILES string of the molecule is NCCCN1C(=O)CCc2cc(F)ccc21. The van der Waals surface area contributed by atoms with Crippen molar-refractivity contribution in [3.63, 3.8) is 0 Å². The van der Waals surface area contributed by atoms with Gasteiger partial charge in [-0.15, -0.1) is 0 Å². The lowest BCUT2D eigenvalue weighted by Gasteiger charge is -2.29. The van der Waals surface area contributed by atoms with Crippen LogP contribution in [0.1, 0.15) is 18.4 Å². The summed E-state index contributed by atoms with van der Waals surface area (Å²) >= 11 is 0. The van der Waals surface area contributed by atoms with E-state index in [2.05, 4.69) is 0 Å². The number of aryl methyl sites for hydroxylation is 1. The van der Waals surface area contributed by atoms with Gasteiger partial charge in [-0.3, -0.25) is 4.79 Å². The van der Waals surface area contributed by atoms with Crippen molar-refractivity contribution >= 4 is 11.6 Å². The number of anilines is 1. The number of amides is 1. The van der Waals surface area contributed by atoms with Crippen molar-refractivity contribution in [2.45, 2.75) is 19.3 Å². The lowest BCUT2D eigenvalue weighted by molar-refractivity contribution is -0.118. The second-order valence-electron chi connectivity index (χ2n) is 3.96. The average Bonchev–Trinajstić information content (AvgIpc) is 2.28. The van der Waals surface area contributed by atoms with E-state index in [4.69, 9.17) is 5.73 Å². The molecule has 0 atom stereocenters. The molecule has 0 bridgehead atoms. The van der Waals surface area contributed by atoms with Gasteiger partial charge >= 0.3 is 0 Å². The predicted octanol–water partition coefficient (Wildman–Crippen LogP) is 1.45. The topological polar surface area (TPSA) is 46.3 Å². The summed E-state index contributed by atoms with van der Waals surface area (Å²) in [5.41, 5.74) is 7.19. The molecule has 86 valence electrons. The number of carbonyl (C=O) groups is 1. The number of hydrogen-bond donors (Lipinski definition) is 1. The Labute approximate surface area is 94.0 Å². The Morgan fingerprint density at radius 2 is 2.19 bits per heavy atom. The zero-order valence-electron chi connectivity index (χ0n) is 9.08. The molecule has 1 aromatic carbocycles. The van der Waals surface area contributed by atoms with E-state index < -0.39 is 0 Å². The Morgan fingerprint density at radius 3 is 2.94 bits per heavy atom. The minimum atomic E-state index is -0.244. The number of fused-ring (bicyclic) bond motifs is 1. The molecule has 0 fully saturated rings. The molecule has 1 heterocycles. The lowest BCUT2D eigenvalue weighted by Crippen LogP contribution is -2.36. The Morgan fingerprint density at radius 1 is 1.38 bits per heavy atom. The van der Waals surface area contributed by atoms with E-state index >= 15 is 0 Å². The maximum Gasteiger partial charge on any atom is 0.227 e. The van der Waals surface area contributed by atoms with Crippen molar-refractivity contribution in [2.24, 2.45) is 5.73 Å². The van der Waals surface area contributed by atoms with Gasteiger partial charge in [0, 0.05) is 18.7 Å². The highest BCUT2D eigenvalue weighted by molar-refractivity contribution is 5.96. The minimum absolute atomic E-state index is 0.104. The molecule has 1 amide bonds. The summed E-state index contributed by atoms with van der Waals surface area (Å²) in [5, 5.41) is 0. The van der Waals surface area contributed by atoms with E-state index in [1.54, 1.807) is 11.0 Å². The first-order valence-electron chi connectivity index (χ1n) is 5.51. The fourth-order valence-electron chi connectivity index (χ4n) is 2.02. The first-order valence-corrected chi connectivity index (χ1v) is 5.51. The summed E-state index contributed by atoms with van der Waals surface area (Å²) in [5.74, 6) is -0.139. The molecule has 2 rings (SSSR count). The number of hydrogen-bond acceptors (Lipinski definition) is 2. The third kappa shape index (κ3) is 2.07. The highest BCUT2D eigenvalue weighted by Crippen LogP contribution is 2.28. The van der Waals surface area contributed by atoms with Gasteiger partial charge in [-0.1, -0.05) is 0 Å². The van der Waals surface area contributed by atoms with E-state index in [1.807, 2.05) is 0 Å². The summed E-state index contributed by atoms with van der Waals surface area (Å²) in [6.07, 6.45) is 1.86. The Kier molecular flexibility index (Phi) is 3.19. The Hall–Kier alpha value is -1.42. The molecular formula is C12H15FN2O. The monoisotopic (exact) mass is 222 g/mol. The van der Waals surface area contributed by atoms with Crippen molar-refractivity contribution in [3.8, 4) is 0 Å². The van der Waals surface area contributed by atoms with Crippen LogP contribution in [0.4, 0.5) is 10.1 Å². The van der Waals surface area contributed by atoms with Gasteiger partial charge in [0.15, 0.2) is 0 Å². The average molecular weight is 222 g/mol. The summed E-state index contributed by atoms with van der Waals surface area (Å²) in [6.45, 7) is 1.17. The molecule has 3 nitrogen and oxygen atoms in total. The van der Waals surface area contributed by atoms with Gasteiger partial charge in [-0.2, -0.15) is 0 Å². The number of nitrogens with zero attached hydrogens (tertiary/aromatic N) is 1. The molecule has 0 radical (unpaired) electrons. The number of rotatable bonds is 3. The van der Waals surface area contributed by atoms with Crippen molar-refractivity contribution < 1.29 is 9.18 Å². The molecule has 1 aromatic rings. The molecular weight excluding hydrogens is 207 g/mol. The maximum atomic E-state index is 13.0. The summed E-state index contributed by atoms with van der Waals surface area (Å²) in [7, 11) is 0. The van der Waals surface area contributed by atoms with Crippen molar-refractivity contribution in [3.05, 3.63) is 29.6 Å². The molecule has 0 saturated carbocycles. The second kappa shape index (κ2) is 4.61. The van der Waals surface area contributed by atoms with Crippen molar-refractivity contribution in [1.29, 1.82) is 0 Å².